The van der Waals surface area contributed by atoms with Gasteiger partial charge in [0.15, 0.2) is 0 Å². The van der Waals surface area contributed by atoms with Crippen LogP contribution in [-0.4, -0.2) is 17.7 Å². The molecule has 0 radical (unpaired) electrons. The van der Waals surface area contributed by atoms with E-state index in [9.17, 15) is 9.59 Å². The third-order valence-corrected chi connectivity index (χ3v) is 4.65. The molecule has 110 valence electrons. The standard InChI is InChI=1S/C18H21NO2/c1-12-10-18(14-6-5-7-15(21)11-14)19(13(2)20)17-9-4-3-8-16(12)17/h3-4,8-10,14,18H,5-7,11H2,1-2H3/t14-,18+/m0/s1. The molecule has 3 heteroatoms. The van der Waals surface area contributed by atoms with Gasteiger partial charge in [-0.1, -0.05) is 24.3 Å². The van der Waals surface area contributed by atoms with Gasteiger partial charge in [0.25, 0.3) is 0 Å². The summed E-state index contributed by atoms with van der Waals surface area (Å²) in [7, 11) is 0. The molecule has 1 aromatic carbocycles. The van der Waals surface area contributed by atoms with Gasteiger partial charge in [-0.15, -0.1) is 0 Å². The van der Waals surface area contributed by atoms with Gasteiger partial charge >= 0.3 is 0 Å². The van der Waals surface area contributed by atoms with E-state index in [1.807, 2.05) is 23.1 Å². The number of anilines is 1. The van der Waals surface area contributed by atoms with E-state index in [1.165, 1.54) is 5.57 Å². The third kappa shape index (κ3) is 2.53. The maximum atomic E-state index is 12.2. The summed E-state index contributed by atoms with van der Waals surface area (Å²) in [5.41, 5.74) is 3.30. The highest BCUT2D eigenvalue weighted by molar-refractivity contribution is 5.98. The highest BCUT2D eigenvalue weighted by atomic mass is 16.2. The van der Waals surface area contributed by atoms with E-state index < -0.39 is 0 Å². The minimum atomic E-state index is 0.0154. The molecule has 1 fully saturated rings. The maximum absolute atomic E-state index is 12.2. The van der Waals surface area contributed by atoms with Crippen LogP contribution in [0, 0.1) is 5.92 Å². The number of Topliss-reactive ketones (excluding diaryl/α,β-unsaturated/α-hetero) is 1. The van der Waals surface area contributed by atoms with Gasteiger partial charge in [-0.05, 0) is 37.3 Å². The van der Waals surface area contributed by atoms with Crippen LogP contribution in [0.5, 0.6) is 0 Å². The molecule has 1 aliphatic carbocycles. The third-order valence-electron chi connectivity index (χ3n) is 4.65. The smallest absolute Gasteiger partial charge is 0.224 e. The summed E-state index contributed by atoms with van der Waals surface area (Å²) < 4.78 is 0. The average molecular weight is 283 g/mol. The Hall–Kier alpha value is -1.90. The first-order valence-electron chi connectivity index (χ1n) is 7.67. The van der Waals surface area contributed by atoms with E-state index in [-0.39, 0.29) is 17.9 Å². The van der Waals surface area contributed by atoms with Crippen molar-refractivity contribution in [3.63, 3.8) is 0 Å². The number of carbonyl (C=O) groups is 2. The van der Waals surface area contributed by atoms with Gasteiger partial charge in [0, 0.05) is 25.3 Å². The van der Waals surface area contributed by atoms with E-state index in [0.717, 1.165) is 24.1 Å². The first kappa shape index (κ1) is 14.1. The summed E-state index contributed by atoms with van der Waals surface area (Å²) in [4.78, 5) is 25.9. The topological polar surface area (TPSA) is 37.4 Å². The van der Waals surface area contributed by atoms with Crippen LogP contribution >= 0.6 is 0 Å². The Morgan fingerprint density at radius 2 is 2.05 bits per heavy atom. The predicted octanol–water partition coefficient (Wildman–Crippen LogP) is 3.58. The van der Waals surface area contributed by atoms with Crippen molar-refractivity contribution in [3.8, 4) is 0 Å². The Morgan fingerprint density at radius 3 is 2.76 bits per heavy atom. The highest BCUT2D eigenvalue weighted by Crippen LogP contribution is 2.39. The molecule has 2 aliphatic rings. The number of amides is 1. The predicted molar refractivity (Wildman–Crippen MR) is 84.0 cm³/mol. The summed E-state index contributed by atoms with van der Waals surface area (Å²) in [5, 5.41) is 0. The van der Waals surface area contributed by atoms with Gasteiger partial charge in [-0.25, -0.2) is 0 Å². The van der Waals surface area contributed by atoms with Crippen LogP contribution in [0.3, 0.4) is 0 Å². The van der Waals surface area contributed by atoms with E-state index >= 15 is 0 Å². The second kappa shape index (κ2) is 5.47. The second-order valence-corrected chi connectivity index (χ2v) is 6.14. The molecule has 0 saturated heterocycles. The lowest BCUT2D eigenvalue weighted by atomic mass is 9.79. The van der Waals surface area contributed by atoms with Crippen molar-refractivity contribution in [2.24, 2.45) is 5.92 Å². The lowest BCUT2D eigenvalue weighted by Crippen LogP contribution is -2.46. The van der Waals surface area contributed by atoms with Crippen LogP contribution in [0.2, 0.25) is 0 Å². The molecule has 3 nitrogen and oxygen atoms in total. The summed E-state index contributed by atoms with van der Waals surface area (Å²) in [6.07, 6.45) is 5.43. The van der Waals surface area contributed by atoms with Crippen molar-refractivity contribution in [1.82, 2.24) is 0 Å². The molecule has 0 unspecified atom stereocenters. The highest BCUT2D eigenvalue weighted by Gasteiger charge is 2.35. The molecule has 1 aliphatic heterocycles. The van der Waals surface area contributed by atoms with Crippen LogP contribution in [0.25, 0.3) is 5.57 Å². The fraction of sp³-hybridized carbons (Fsp3) is 0.444. The Balaban J connectivity index is 2.02. The zero-order valence-electron chi connectivity index (χ0n) is 12.6. The number of allylic oxidation sites excluding steroid dienone is 1. The molecule has 2 atom stereocenters. The molecule has 21 heavy (non-hydrogen) atoms. The van der Waals surface area contributed by atoms with E-state index in [0.29, 0.717) is 18.6 Å². The first-order chi connectivity index (χ1) is 10.1. The molecule has 3 rings (SSSR count). The zero-order valence-corrected chi connectivity index (χ0v) is 12.6. The number of para-hydroxylation sites is 1. The first-order valence-corrected chi connectivity index (χ1v) is 7.67. The van der Waals surface area contributed by atoms with Gasteiger partial charge in [0.05, 0.1) is 11.7 Å². The van der Waals surface area contributed by atoms with Crippen molar-refractivity contribution in [1.29, 1.82) is 0 Å². The maximum Gasteiger partial charge on any atom is 0.224 e. The van der Waals surface area contributed by atoms with E-state index in [1.54, 1.807) is 6.92 Å². The van der Waals surface area contributed by atoms with E-state index in [2.05, 4.69) is 19.1 Å². The summed E-state index contributed by atoms with van der Waals surface area (Å²) in [6.45, 7) is 3.71. The van der Waals surface area contributed by atoms with Crippen molar-refractivity contribution >= 4 is 23.0 Å². The molecule has 0 aromatic heterocycles. The van der Waals surface area contributed by atoms with Crippen molar-refractivity contribution in [2.75, 3.05) is 4.90 Å². The van der Waals surface area contributed by atoms with Crippen molar-refractivity contribution in [3.05, 3.63) is 35.9 Å². The monoisotopic (exact) mass is 283 g/mol. The number of nitrogens with zero attached hydrogens (tertiary/aromatic N) is 1. The number of fused-ring (bicyclic) bond motifs is 1. The Bertz CT molecular complexity index is 617. The SMILES string of the molecule is CC(=O)N1c2ccccc2C(C)=C[C@@H]1[C@H]1CCCC(=O)C1. The van der Waals surface area contributed by atoms with Gasteiger partial charge < -0.3 is 4.90 Å². The molecule has 0 bridgehead atoms. The Kier molecular flexibility index (Phi) is 3.66. The molecule has 0 N–H and O–H groups in total. The molecular formula is C18H21NO2. The van der Waals surface area contributed by atoms with Crippen LogP contribution in [0.15, 0.2) is 30.3 Å². The van der Waals surface area contributed by atoms with Crippen molar-refractivity contribution < 1.29 is 9.59 Å². The molecule has 1 heterocycles. The second-order valence-electron chi connectivity index (χ2n) is 6.14. The largest absolute Gasteiger partial charge is 0.305 e. The lowest BCUT2D eigenvalue weighted by molar-refractivity contribution is -0.122. The number of benzene rings is 1. The fourth-order valence-corrected chi connectivity index (χ4v) is 3.67. The lowest BCUT2D eigenvalue weighted by Gasteiger charge is -2.40. The van der Waals surface area contributed by atoms with Gasteiger partial charge in [-0.3, -0.25) is 9.59 Å². The van der Waals surface area contributed by atoms with Crippen LogP contribution in [0.1, 0.15) is 45.1 Å². The van der Waals surface area contributed by atoms with Crippen LogP contribution < -0.4 is 4.90 Å². The van der Waals surface area contributed by atoms with Gasteiger partial charge in [0.2, 0.25) is 5.91 Å². The molecule has 1 saturated carbocycles. The summed E-state index contributed by atoms with van der Waals surface area (Å²) in [5.74, 6) is 0.632. The number of rotatable bonds is 1. The molecular weight excluding hydrogens is 262 g/mol. The van der Waals surface area contributed by atoms with Crippen LogP contribution in [-0.2, 0) is 9.59 Å². The normalized spacial score (nSPS) is 25.3. The minimum Gasteiger partial charge on any atom is -0.305 e. The summed E-state index contributed by atoms with van der Waals surface area (Å²) >= 11 is 0. The summed E-state index contributed by atoms with van der Waals surface area (Å²) in [6, 6.07) is 8.04. The minimum absolute atomic E-state index is 0.0154. The number of hydrogen-bond donors (Lipinski definition) is 0. The average Bonchev–Trinajstić information content (AvgIpc) is 2.46. The Morgan fingerprint density at radius 1 is 1.29 bits per heavy atom. The molecule has 1 aromatic rings. The zero-order chi connectivity index (χ0) is 15.0. The molecule has 0 spiro atoms. The van der Waals surface area contributed by atoms with Gasteiger partial charge in [0.1, 0.15) is 5.78 Å². The number of ketones is 1. The van der Waals surface area contributed by atoms with Crippen LogP contribution in [0.4, 0.5) is 5.69 Å². The van der Waals surface area contributed by atoms with Gasteiger partial charge in [-0.2, -0.15) is 0 Å². The van der Waals surface area contributed by atoms with E-state index in [4.69, 9.17) is 0 Å². The number of hydrogen-bond acceptors (Lipinski definition) is 2. The Labute approximate surface area is 125 Å². The quantitative estimate of drug-likeness (QED) is 0.790. The van der Waals surface area contributed by atoms with Crippen molar-refractivity contribution in [2.45, 2.75) is 45.6 Å². The number of carbonyl (C=O) groups excluding carboxylic acids is 2. The molecule has 1 amide bonds. The fourth-order valence-electron chi connectivity index (χ4n) is 3.67.